The fraction of sp³-hybridized carbons (Fsp3) is 0.440. The maximum atomic E-state index is 9.69. The van der Waals surface area contributed by atoms with Crippen molar-refractivity contribution < 1.29 is 14.6 Å². The summed E-state index contributed by atoms with van der Waals surface area (Å²) in [6.07, 6.45) is 0.767. The molecule has 1 fully saturated rings. The van der Waals surface area contributed by atoms with Crippen LogP contribution in [-0.2, 0) is 13.1 Å². The molecule has 6 heteroatoms. The Morgan fingerprint density at radius 1 is 1.03 bits per heavy atom. The first-order valence-corrected chi connectivity index (χ1v) is 11.0. The number of hydrogen-bond acceptors (Lipinski definition) is 5. The van der Waals surface area contributed by atoms with Gasteiger partial charge in [0.2, 0.25) is 0 Å². The summed E-state index contributed by atoms with van der Waals surface area (Å²) >= 11 is 0. The number of nitrogens with one attached hydrogen (secondary N) is 1. The van der Waals surface area contributed by atoms with Gasteiger partial charge in [-0.3, -0.25) is 9.80 Å². The molecule has 1 saturated heterocycles. The zero-order valence-corrected chi connectivity index (χ0v) is 18.7. The lowest BCUT2D eigenvalue weighted by Gasteiger charge is -2.41. The SMILES string of the molecule is COc1cc(CN2CCN(Cc3[nH]c4ccccc4c3C)C[C@H]2CCO)cc(OC)c1. The maximum absolute atomic E-state index is 9.69. The predicted molar refractivity (Wildman–Crippen MR) is 124 cm³/mol. The average molecular weight is 424 g/mol. The quantitative estimate of drug-likeness (QED) is 0.580. The number of fused-ring (bicyclic) bond motifs is 1. The first-order chi connectivity index (χ1) is 15.1. The van der Waals surface area contributed by atoms with Gasteiger partial charge in [-0.1, -0.05) is 18.2 Å². The van der Waals surface area contributed by atoms with E-state index in [0.29, 0.717) is 6.04 Å². The van der Waals surface area contributed by atoms with Crippen molar-refractivity contribution in [1.82, 2.24) is 14.8 Å². The summed E-state index contributed by atoms with van der Waals surface area (Å²) in [5.74, 6) is 1.61. The molecule has 2 N–H and O–H groups in total. The van der Waals surface area contributed by atoms with E-state index in [-0.39, 0.29) is 6.61 Å². The van der Waals surface area contributed by atoms with E-state index in [2.05, 4.69) is 58.1 Å². The Morgan fingerprint density at radius 3 is 2.45 bits per heavy atom. The molecule has 0 radical (unpaired) electrons. The van der Waals surface area contributed by atoms with Crippen molar-refractivity contribution in [2.24, 2.45) is 0 Å². The van der Waals surface area contributed by atoms with Gasteiger partial charge in [-0.2, -0.15) is 0 Å². The summed E-state index contributed by atoms with van der Waals surface area (Å²) in [6.45, 7) is 7.02. The van der Waals surface area contributed by atoms with Crippen molar-refractivity contribution in [3.05, 3.63) is 59.3 Å². The largest absolute Gasteiger partial charge is 0.497 e. The number of para-hydroxylation sites is 1. The summed E-state index contributed by atoms with van der Waals surface area (Å²) < 4.78 is 10.9. The smallest absolute Gasteiger partial charge is 0.122 e. The van der Waals surface area contributed by atoms with Crippen molar-refractivity contribution in [1.29, 1.82) is 0 Å². The first kappa shape index (κ1) is 21.7. The van der Waals surface area contributed by atoms with Crippen molar-refractivity contribution in [3.63, 3.8) is 0 Å². The zero-order chi connectivity index (χ0) is 21.8. The summed E-state index contributed by atoms with van der Waals surface area (Å²) in [6, 6.07) is 14.8. The molecule has 1 atom stereocenters. The van der Waals surface area contributed by atoms with E-state index in [1.807, 2.05) is 6.07 Å². The highest BCUT2D eigenvalue weighted by molar-refractivity contribution is 5.84. The molecular formula is C25H33N3O3. The maximum Gasteiger partial charge on any atom is 0.122 e. The third-order valence-corrected chi connectivity index (χ3v) is 6.40. The molecule has 166 valence electrons. The van der Waals surface area contributed by atoms with E-state index in [0.717, 1.165) is 50.6 Å². The van der Waals surface area contributed by atoms with Gasteiger partial charge in [-0.15, -0.1) is 0 Å². The number of rotatable bonds is 8. The number of nitrogens with zero attached hydrogens (tertiary/aromatic N) is 2. The topological polar surface area (TPSA) is 61.0 Å². The number of aromatic nitrogens is 1. The van der Waals surface area contributed by atoms with E-state index in [4.69, 9.17) is 9.47 Å². The molecule has 2 aromatic carbocycles. The van der Waals surface area contributed by atoms with Gasteiger partial charge >= 0.3 is 0 Å². The van der Waals surface area contributed by atoms with Gasteiger partial charge in [0.25, 0.3) is 0 Å². The van der Waals surface area contributed by atoms with Gasteiger partial charge < -0.3 is 19.6 Å². The fourth-order valence-corrected chi connectivity index (χ4v) is 4.64. The second-order valence-electron chi connectivity index (χ2n) is 8.37. The number of aliphatic hydroxyl groups is 1. The van der Waals surface area contributed by atoms with Gasteiger partial charge in [0, 0.05) is 68.0 Å². The number of H-pyrrole nitrogens is 1. The van der Waals surface area contributed by atoms with Gasteiger partial charge in [0.1, 0.15) is 11.5 Å². The predicted octanol–water partition coefficient (Wildman–Crippen LogP) is 3.56. The zero-order valence-electron chi connectivity index (χ0n) is 18.7. The third kappa shape index (κ3) is 4.87. The highest BCUT2D eigenvalue weighted by atomic mass is 16.5. The first-order valence-electron chi connectivity index (χ1n) is 11.0. The fourth-order valence-electron chi connectivity index (χ4n) is 4.64. The molecule has 1 aromatic heterocycles. The molecule has 2 heterocycles. The Bertz CT molecular complexity index is 994. The number of hydrogen-bond donors (Lipinski definition) is 2. The van der Waals surface area contributed by atoms with E-state index >= 15 is 0 Å². The molecule has 0 bridgehead atoms. The van der Waals surface area contributed by atoms with Crippen LogP contribution in [0, 0.1) is 6.92 Å². The lowest BCUT2D eigenvalue weighted by atomic mass is 10.1. The normalized spacial score (nSPS) is 17.9. The van der Waals surface area contributed by atoms with Crippen LogP contribution in [0.1, 0.15) is 23.2 Å². The van der Waals surface area contributed by atoms with Crippen LogP contribution in [0.3, 0.4) is 0 Å². The Hall–Kier alpha value is -2.54. The Labute approximate surface area is 184 Å². The minimum absolute atomic E-state index is 0.196. The van der Waals surface area contributed by atoms with Gasteiger partial charge in [-0.05, 0) is 42.7 Å². The van der Waals surface area contributed by atoms with E-state index in [1.165, 1.54) is 27.7 Å². The lowest BCUT2D eigenvalue weighted by Crippen LogP contribution is -2.52. The molecule has 0 saturated carbocycles. The number of piperazine rings is 1. The molecule has 0 amide bonds. The summed E-state index contributed by atoms with van der Waals surface area (Å²) in [4.78, 5) is 8.57. The van der Waals surface area contributed by atoms with E-state index in [1.54, 1.807) is 14.2 Å². The molecule has 0 spiro atoms. The Morgan fingerprint density at radius 2 is 1.77 bits per heavy atom. The molecule has 31 heavy (non-hydrogen) atoms. The van der Waals surface area contributed by atoms with Crippen molar-refractivity contribution in [2.75, 3.05) is 40.5 Å². The van der Waals surface area contributed by atoms with E-state index < -0.39 is 0 Å². The van der Waals surface area contributed by atoms with Crippen LogP contribution in [-0.4, -0.2) is 66.4 Å². The third-order valence-electron chi connectivity index (χ3n) is 6.40. The second kappa shape index (κ2) is 9.73. The van der Waals surface area contributed by atoms with Crippen molar-refractivity contribution in [2.45, 2.75) is 32.5 Å². The molecule has 3 aromatic rings. The monoisotopic (exact) mass is 423 g/mol. The minimum Gasteiger partial charge on any atom is -0.497 e. The summed E-state index contributed by atoms with van der Waals surface area (Å²) in [7, 11) is 3.36. The van der Waals surface area contributed by atoms with Crippen LogP contribution in [0.5, 0.6) is 11.5 Å². The van der Waals surface area contributed by atoms with Crippen LogP contribution in [0.4, 0.5) is 0 Å². The molecule has 6 nitrogen and oxygen atoms in total. The standard InChI is InChI=1S/C25H33N3O3/c1-18-23-6-4-5-7-24(23)26-25(18)17-27-9-10-28(20(16-27)8-11-29)15-19-12-21(30-2)14-22(13-19)31-3/h4-7,12-14,20,26,29H,8-11,15-17H2,1-3H3/t20-/m1/s1. The Kier molecular flexibility index (Phi) is 6.80. The molecule has 0 aliphatic carbocycles. The number of aromatic amines is 1. The van der Waals surface area contributed by atoms with Crippen LogP contribution in [0.25, 0.3) is 10.9 Å². The average Bonchev–Trinajstić information content (AvgIpc) is 3.10. The summed E-state index contributed by atoms with van der Waals surface area (Å²) in [5.41, 5.74) is 4.99. The van der Waals surface area contributed by atoms with Crippen LogP contribution < -0.4 is 9.47 Å². The number of ether oxygens (including phenoxy) is 2. The molecule has 0 unspecified atom stereocenters. The molecular weight excluding hydrogens is 390 g/mol. The van der Waals surface area contributed by atoms with Crippen molar-refractivity contribution >= 4 is 10.9 Å². The van der Waals surface area contributed by atoms with E-state index in [9.17, 15) is 5.11 Å². The van der Waals surface area contributed by atoms with Gasteiger partial charge in [0.15, 0.2) is 0 Å². The Balaban J connectivity index is 1.46. The van der Waals surface area contributed by atoms with Crippen LogP contribution in [0.2, 0.25) is 0 Å². The number of aliphatic hydroxyl groups excluding tert-OH is 1. The number of benzene rings is 2. The molecule has 4 rings (SSSR count). The molecule has 1 aliphatic heterocycles. The minimum atomic E-state index is 0.196. The summed E-state index contributed by atoms with van der Waals surface area (Å²) in [5, 5.41) is 11.0. The highest BCUT2D eigenvalue weighted by Crippen LogP contribution is 2.27. The highest BCUT2D eigenvalue weighted by Gasteiger charge is 2.27. The van der Waals surface area contributed by atoms with Crippen LogP contribution >= 0.6 is 0 Å². The lowest BCUT2D eigenvalue weighted by molar-refractivity contribution is 0.0493. The van der Waals surface area contributed by atoms with Gasteiger partial charge in [-0.25, -0.2) is 0 Å². The van der Waals surface area contributed by atoms with Gasteiger partial charge in [0.05, 0.1) is 14.2 Å². The number of aryl methyl sites for hydroxylation is 1. The van der Waals surface area contributed by atoms with Crippen molar-refractivity contribution in [3.8, 4) is 11.5 Å². The second-order valence-corrected chi connectivity index (χ2v) is 8.37. The number of methoxy groups -OCH3 is 2. The molecule has 1 aliphatic rings. The van der Waals surface area contributed by atoms with Crippen LogP contribution in [0.15, 0.2) is 42.5 Å².